The van der Waals surface area contributed by atoms with Crippen molar-refractivity contribution in [3.8, 4) is 0 Å². The summed E-state index contributed by atoms with van der Waals surface area (Å²) < 4.78 is 0. The molecule has 15 heavy (non-hydrogen) atoms. The average Bonchev–Trinajstić information content (AvgIpc) is 2.25. The van der Waals surface area contributed by atoms with Gasteiger partial charge in [-0.15, -0.1) is 11.8 Å². The molecule has 2 nitrogen and oxygen atoms in total. The largest absolute Gasteiger partial charge is 0.230 e. The minimum atomic E-state index is 0.596. The molecule has 0 radical (unpaired) electrons. The molecule has 0 spiro atoms. The minimum absolute atomic E-state index is 0.596. The lowest BCUT2D eigenvalue weighted by atomic mass is 10.2. The number of hydrogen-bond donors (Lipinski definition) is 0. The summed E-state index contributed by atoms with van der Waals surface area (Å²) in [5.74, 6) is 1.81. The molecule has 4 heteroatoms. The van der Waals surface area contributed by atoms with E-state index in [4.69, 9.17) is 11.6 Å². The molecule has 1 aromatic rings. The van der Waals surface area contributed by atoms with Gasteiger partial charge in [-0.2, -0.15) is 0 Å². The molecule has 0 aliphatic rings. The molecular weight excluding hydrogens is 228 g/mol. The summed E-state index contributed by atoms with van der Waals surface area (Å²) in [6.07, 6.45) is 3.64. The molecular formula is C11H17ClN2S. The summed E-state index contributed by atoms with van der Waals surface area (Å²) in [7, 11) is 0. The van der Waals surface area contributed by atoms with E-state index in [1.54, 1.807) is 18.1 Å². The second-order valence-corrected chi connectivity index (χ2v) is 4.99. The predicted octanol–water partition coefficient (Wildman–Crippen LogP) is 3.83. The molecule has 0 bridgehead atoms. The van der Waals surface area contributed by atoms with Crippen LogP contribution in [-0.4, -0.2) is 15.7 Å². The summed E-state index contributed by atoms with van der Waals surface area (Å²) in [6, 6.07) is 0. The molecule has 1 heterocycles. The monoisotopic (exact) mass is 244 g/mol. The topological polar surface area (TPSA) is 25.8 Å². The van der Waals surface area contributed by atoms with Crippen LogP contribution in [0.5, 0.6) is 0 Å². The second kappa shape index (κ2) is 6.33. The van der Waals surface area contributed by atoms with Crippen molar-refractivity contribution in [2.75, 3.05) is 5.75 Å². The van der Waals surface area contributed by atoms with Crippen LogP contribution < -0.4 is 0 Å². The molecule has 0 amide bonds. The summed E-state index contributed by atoms with van der Waals surface area (Å²) in [6.45, 7) is 6.54. The van der Waals surface area contributed by atoms with Gasteiger partial charge in [-0.05, 0) is 12.3 Å². The van der Waals surface area contributed by atoms with Crippen molar-refractivity contribution in [2.45, 2.75) is 38.6 Å². The third kappa shape index (κ3) is 3.65. The smallest absolute Gasteiger partial charge is 0.136 e. The van der Waals surface area contributed by atoms with E-state index in [2.05, 4.69) is 30.7 Å². The van der Waals surface area contributed by atoms with Crippen molar-refractivity contribution in [1.82, 2.24) is 9.97 Å². The molecule has 0 aromatic carbocycles. The van der Waals surface area contributed by atoms with Gasteiger partial charge < -0.3 is 0 Å². The zero-order valence-electron chi connectivity index (χ0n) is 9.46. The van der Waals surface area contributed by atoms with E-state index in [0.29, 0.717) is 11.1 Å². The van der Waals surface area contributed by atoms with Crippen LogP contribution in [0.4, 0.5) is 0 Å². The number of halogens is 1. The van der Waals surface area contributed by atoms with Crippen LogP contribution in [-0.2, 0) is 6.42 Å². The Kier molecular flexibility index (Phi) is 5.40. The highest BCUT2D eigenvalue weighted by Crippen LogP contribution is 2.27. The van der Waals surface area contributed by atoms with Crippen LogP contribution in [0.25, 0.3) is 0 Å². The summed E-state index contributed by atoms with van der Waals surface area (Å²) in [5, 5.41) is 1.64. The fourth-order valence-corrected chi connectivity index (χ4v) is 2.67. The van der Waals surface area contributed by atoms with Crippen LogP contribution in [0.2, 0.25) is 5.15 Å². The van der Waals surface area contributed by atoms with Crippen LogP contribution in [0.1, 0.15) is 32.8 Å². The van der Waals surface area contributed by atoms with Crippen LogP contribution in [0.3, 0.4) is 0 Å². The third-order valence-corrected chi connectivity index (χ3v) is 4.09. The Morgan fingerprint density at radius 2 is 2.13 bits per heavy atom. The van der Waals surface area contributed by atoms with Gasteiger partial charge in [-0.1, -0.05) is 38.8 Å². The van der Waals surface area contributed by atoms with Crippen molar-refractivity contribution < 1.29 is 0 Å². The van der Waals surface area contributed by atoms with Crippen molar-refractivity contribution in [1.29, 1.82) is 0 Å². The summed E-state index contributed by atoms with van der Waals surface area (Å²) in [4.78, 5) is 8.28. The Hall–Kier alpha value is -0.280. The first-order valence-electron chi connectivity index (χ1n) is 5.31. The molecule has 1 atom stereocenters. The van der Waals surface area contributed by atoms with E-state index in [1.807, 2.05) is 0 Å². The Morgan fingerprint density at radius 3 is 2.73 bits per heavy atom. The number of rotatable bonds is 5. The molecule has 0 aliphatic heterocycles. The highest BCUT2D eigenvalue weighted by Gasteiger charge is 2.09. The summed E-state index contributed by atoms with van der Waals surface area (Å²) >= 11 is 7.80. The summed E-state index contributed by atoms with van der Waals surface area (Å²) in [5.41, 5.74) is 1.08. The molecule has 0 fully saturated rings. The molecule has 0 N–H and O–H groups in total. The maximum atomic E-state index is 6.01. The number of aromatic nitrogens is 2. The van der Waals surface area contributed by atoms with Gasteiger partial charge in [0.1, 0.15) is 16.5 Å². The van der Waals surface area contributed by atoms with Gasteiger partial charge >= 0.3 is 0 Å². The third-order valence-electron chi connectivity index (χ3n) is 2.41. The highest BCUT2D eigenvalue weighted by molar-refractivity contribution is 7.99. The minimum Gasteiger partial charge on any atom is -0.230 e. The van der Waals surface area contributed by atoms with Gasteiger partial charge in [0.2, 0.25) is 0 Å². The van der Waals surface area contributed by atoms with Crippen molar-refractivity contribution >= 4 is 23.4 Å². The Morgan fingerprint density at radius 1 is 1.40 bits per heavy atom. The normalized spacial score (nSPS) is 12.8. The van der Waals surface area contributed by atoms with Crippen molar-refractivity contribution in [3.05, 3.63) is 17.0 Å². The van der Waals surface area contributed by atoms with Gasteiger partial charge in [0.05, 0.1) is 0 Å². The van der Waals surface area contributed by atoms with Gasteiger partial charge in [-0.25, -0.2) is 9.97 Å². The lowest BCUT2D eigenvalue weighted by Crippen LogP contribution is -1.99. The fourth-order valence-electron chi connectivity index (χ4n) is 1.14. The molecule has 0 saturated carbocycles. The standard InChI is InChI=1S/C11H17ClN2S/c1-4-8(3)6-15-11-9(5-2)10(12)13-7-14-11/h7-8H,4-6H2,1-3H3. The van der Waals surface area contributed by atoms with E-state index < -0.39 is 0 Å². The fraction of sp³-hybridized carbons (Fsp3) is 0.636. The van der Waals surface area contributed by atoms with E-state index in [-0.39, 0.29) is 0 Å². The maximum Gasteiger partial charge on any atom is 0.136 e. The van der Waals surface area contributed by atoms with Crippen LogP contribution in [0.15, 0.2) is 11.4 Å². The van der Waals surface area contributed by atoms with Crippen molar-refractivity contribution in [3.63, 3.8) is 0 Å². The molecule has 0 saturated heterocycles. The van der Waals surface area contributed by atoms with E-state index in [1.165, 1.54) is 6.42 Å². The lowest BCUT2D eigenvalue weighted by molar-refractivity contribution is 0.636. The van der Waals surface area contributed by atoms with E-state index in [0.717, 1.165) is 22.8 Å². The number of hydrogen-bond acceptors (Lipinski definition) is 3. The molecule has 1 unspecified atom stereocenters. The van der Waals surface area contributed by atoms with Gasteiger partial charge in [0.15, 0.2) is 0 Å². The van der Waals surface area contributed by atoms with Gasteiger partial charge in [0.25, 0.3) is 0 Å². The first kappa shape index (κ1) is 12.8. The van der Waals surface area contributed by atoms with E-state index in [9.17, 15) is 0 Å². The van der Waals surface area contributed by atoms with Crippen LogP contribution in [0, 0.1) is 5.92 Å². The first-order valence-corrected chi connectivity index (χ1v) is 6.67. The molecule has 1 aromatic heterocycles. The molecule has 0 aliphatic carbocycles. The molecule has 1 rings (SSSR count). The first-order chi connectivity index (χ1) is 7.19. The zero-order chi connectivity index (χ0) is 11.3. The van der Waals surface area contributed by atoms with Crippen molar-refractivity contribution in [2.24, 2.45) is 5.92 Å². The van der Waals surface area contributed by atoms with Gasteiger partial charge in [-0.3, -0.25) is 0 Å². The Labute approximate surface area is 101 Å². The Balaban J connectivity index is 2.72. The quantitative estimate of drug-likeness (QED) is 0.582. The van der Waals surface area contributed by atoms with Gasteiger partial charge in [0, 0.05) is 11.3 Å². The lowest BCUT2D eigenvalue weighted by Gasteiger charge is -2.10. The molecule has 84 valence electrons. The zero-order valence-corrected chi connectivity index (χ0v) is 11.0. The SMILES string of the molecule is CCc1c(Cl)ncnc1SCC(C)CC. The Bertz CT molecular complexity index is 317. The highest BCUT2D eigenvalue weighted by atomic mass is 35.5. The second-order valence-electron chi connectivity index (χ2n) is 3.63. The van der Waals surface area contributed by atoms with Crippen LogP contribution >= 0.6 is 23.4 Å². The number of nitrogens with zero attached hydrogens (tertiary/aromatic N) is 2. The van der Waals surface area contributed by atoms with E-state index >= 15 is 0 Å². The number of thioether (sulfide) groups is 1. The predicted molar refractivity (Wildman–Crippen MR) is 66.6 cm³/mol. The average molecular weight is 245 g/mol. The maximum absolute atomic E-state index is 6.01.